The fraction of sp³-hybridized carbons (Fsp3) is 0.148. The largest absolute Gasteiger partial charge is 0.495 e. The van der Waals surface area contributed by atoms with E-state index in [1.54, 1.807) is 46.6 Å². The van der Waals surface area contributed by atoms with Crippen LogP contribution in [0.2, 0.25) is 0 Å². The van der Waals surface area contributed by atoms with Crippen LogP contribution in [0.1, 0.15) is 16.7 Å². The number of methoxy groups -OCH3 is 4. The number of ether oxygens (including phenoxy) is 4. The van der Waals surface area contributed by atoms with Crippen molar-refractivity contribution in [1.29, 1.82) is 0 Å². The maximum absolute atomic E-state index is 12.4. The predicted octanol–water partition coefficient (Wildman–Crippen LogP) is 5.13. The Labute approximate surface area is 199 Å². The summed E-state index contributed by atoms with van der Waals surface area (Å²) < 4.78 is 21.6. The molecule has 0 unspecified atom stereocenters. The van der Waals surface area contributed by atoms with E-state index in [-0.39, 0.29) is 5.91 Å². The molecule has 7 heteroatoms. The quantitative estimate of drug-likeness (QED) is 0.261. The molecule has 0 aliphatic heterocycles. The number of hydrogen-bond donors (Lipinski definition) is 2. The van der Waals surface area contributed by atoms with E-state index in [2.05, 4.69) is 5.32 Å². The standard InChI is InChI=1S/C27H28N2O5/c1-31-23-15-18(9-10-19-16-24(32-2)27(34-4)25(17-19)33-3)11-13-22(23)29-26(30)14-12-20-7-5-6-8-21(20)28/h5-17H,28H2,1-4H3,(H,29,30)/b10-9?,14-12+. The highest BCUT2D eigenvalue weighted by atomic mass is 16.5. The van der Waals surface area contributed by atoms with Crippen molar-refractivity contribution < 1.29 is 23.7 Å². The number of nitrogen functional groups attached to an aromatic ring is 1. The number of anilines is 2. The van der Waals surface area contributed by atoms with E-state index in [0.29, 0.717) is 34.4 Å². The van der Waals surface area contributed by atoms with Gasteiger partial charge in [-0.05, 0) is 53.1 Å². The summed E-state index contributed by atoms with van der Waals surface area (Å²) in [6.45, 7) is 0. The van der Waals surface area contributed by atoms with Crippen molar-refractivity contribution in [2.45, 2.75) is 0 Å². The summed E-state index contributed by atoms with van der Waals surface area (Å²) in [4.78, 5) is 12.4. The lowest BCUT2D eigenvalue weighted by Gasteiger charge is -2.13. The summed E-state index contributed by atoms with van der Waals surface area (Å²) in [5.41, 5.74) is 9.60. The van der Waals surface area contributed by atoms with E-state index >= 15 is 0 Å². The number of carbonyl (C=O) groups is 1. The molecule has 0 aliphatic carbocycles. The lowest BCUT2D eigenvalue weighted by atomic mass is 10.1. The smallest absolute Gasteiger partial charge is 0.248 e. The topological polar surface area (TPSA) is 92.0 Å². The van der Waals surface area contributed by atoms with Gasteiger partial charge in [0.25, 0.3) is 0 Å². The van der Waals surface area contributed by atoms with Crippen LogP contribution in [0.5, 0.6) is 23.0 Å². The monoisotopic (exact) mass is 460 g/mol. The molecule has 0 radical (unpaired) electrons. The van der Waals surface area contributed by atoms with Gasteiger partial charge < -0.3 is 30.0 Å². The lowest BCUT2D eigenvalue weighted by molar-refractivity contribution is -0.111. The number of amides is 1. The number of para-hydroxylation sites is 1. The van der Waals surface area contributed by atoms with Crippen molar-refractivity contribution in [2.24, 2.45) is 0 Å². The number of hydrogen-bond acceptors (Lipinski definition) is 6. The molecule has 1 amide bonds. The number of nitrogens with two attached hydrogens (primary N) is 1. The van der Waals surface area contributed by atoms with Crippen LogP contribution in [0.15, 0.2) is 60.7 Å². The predicted molar refractivity (Wildman–Crippen MR) is 137 cm³/mol. The molecule has 3 aromatic carbocycles. The summed E-state index contributed by atoms with van der Waals surface area (Å²) in [7, 11) is 6.27. The number of benzene rings is 3. The van der Waals surface area contributed by atoms with Crippen LogP contribution >= 0.6 is 0 Å². The second-order valence-electron chi connectivity index (χ2n) is 7.20. The van der Waals surface area contributed by atoms with Gasteiger partial charge in [0.2, 0.25) is 11.7 Å². The highest BCUT2D eigenvalue weighted by Gasteiger charge is 2.12. The SMILES string of the molecule is COc1cc(C=Cc2cc(OC)c(OC)c(OC)c2)ccc1NC(=O)/C=C/c1ccccc1N. The van der Waals surface area contributed by atoms with Gasteiger partial charge in [-0.2, -0.15) is 0 Å². The van der Waals surface area contributed by atoms with Crippen LogP contribution in [0.25, 0.3) is 18.2 Å². The van der Waals surface area contributed by atoms with Crippen LogP contribution in [0, 0.1) is 0 Å². The molecule has 7 nitrogen and oxygen atoms in total. The molecule has 0 aromatic heterocycles. The van der Waals surface area contributed by atoms with Crippen molar-refractivity contribution >= 4 is 35.5 Å². The van der Waals surface area contributed by atoms with Gasteiger partial charge in [0.05, 0.1) is 34.1 Å². The average molecular weight is 461 g/mol. The molecule has 0 aliphatic rings. The third kappa shape index (κ3) is 5.89. The average Bonchev–Trinajstić information content (AvgIpc) is 2.86. The van der Waals surface area contributed by atoms with Crippen LogP contribution in [0.3, 0.4) is 0 Å². The van der Waals surface area contributed by atoms with Crippen molar-refractivity contribution in [1.82, 2.24) is 0 Å². The Morgan fingerprint density at radius 1 is 0.765 bits per heavy atom. The van der Waals surface area contributed by atoms with Gasteiger partial charge in [0, 0.05) is 11.8 Å². The van der Waals surface area contributed by atoms with Crippen molar-refractivity contribution in [3.05, 3.63) is 77.4 Å². The zero-order valence-corrected chi connectivity index (χ0v) is 19.6. The van der Waals surface area contributed by atoms with Gasteiger partial charge in [0.1, 0.15) is 5.75 Å². The van der Waals surface area contributed by atoms with Crippen molar-refractivity contribution in [2.75, 3.05) is 39.5 Å². The molecule has 0 fully saturated rings. The highest BCUT2D eigenvalue weighted by molar-refractivity contribution is 6.03. The first kappa shape index (κ1) is 24.3. The molecule has 3 rings (SSSR count). The molecule has 3 N–H and O–H groups in total. The van der Waals surface area contributed by atoms with Gasteiger partial charge in [-0.1, -0.05) is 36.4 Å². The summed E-state index contributed by atoms with van der Waals surface area (Å²) in [6.07, 6.45) is 6.95. The fourth-order valence-corrected chi connectivity index (χ4v) is 3.31. The highest BCUT2D eigenvalue weighted by Crippen LogP contribution is 2.38. The first-order chi connectivity index (χ1) is 16.5. The first-order valence-corrected chi connectivity index (χ1v) is 10.5. The Morgan fingerprint density at radius 3 is 2.00 bits per heavy atom. The van der Waals surface area contributed by atoms with E-state index in [0.717, 1.165) is 16.7 Å². The lowest BCUT2D eigenvalue weighted by Crippen LogP contribution is -2.09. The third-order valence-electron chi connectivity index (χ3n) is 5.05. The first-order valence-electron chi connectivity index (χ1n) is 10.5. The Balaban J connectivity index is 1.77. The van der Waals surface area contributed by atoms with Gasteiger partial charge >= 0.3 is 0 Å². The van der Waals surface area contributed by atoms with Crippen LogP contribution < -0.4 is 30.0 Å². The molecule has 0 spiro atoms. The molecule has 0 bridgehead atoms. The minimum Gasteiger partial charge on any atom is -0.495 e. The summed E-state index contributed by atoms with van der Waals surface area (Å²) in [5, 5.41) is 2.83. The second-order valence-corrected chi connectivity index (χ2v) is 7.20. The van der Waals surface area contributed by atoms with Gasteiger partial charge in [-0.3, -0.25) is 4.79 Å². The van der Waals surface area contributed by atoms with Gasteiger partial charge in [0.15, 0.2) is 11.5 Å². The Morgan fingerprint density at radius 2 is 1.38 bits per heavy atom. The van der Waals surface area contributed by atoms with E-state index in [1.165, 1.54) is 6.08 Å². The van der Waals surface area contributed by atoms with Crippen molar-refractivity contribution in [3.63, 3.8) is 0 Å². The van der Waals surface area contributed by atoms with Crippen LogP contribution in [-0.4, -0.2) is 34.3 Å². The van der Waals surface area contributed by atoms with Gasteiger partial charge in [-0.25, -0.2) is 0 Å². The van der Waals surface area contributed by atoms with Gasteiger partial charge in [-0.15, -0.1) is 0 Å². The maximum Gasteiger partial charge on any atom is 0.248 e. The Hall–Kier alpha value is -4.39. The molecule has 0 atom stereocenters. The molecule has 176 valence electrons. The molecule has 3 aromatic rings. The minimum absolute atomic E-state index is 0.290. The maximum atomic E-state index is 12.4. The zero-order chi connectivity index (χ0) is 24.5. The van der Waals surface area contributed by atoms with E-state index in [9.17, 15) is 4.79 Å². The number of nitrogens with one attached hydrogen (secondary N) is 1. The molecular weight excluding hydrogens is 432 g/mol. The molecular formula is C27H28N2O5. The van der Waals surface area contributed by atoms with E-state index in [4.69, 9.17) is 24.7 Å². The Kier molecular flexibility index (Phi) is 8.18. The normalized spacial score (nSPS) is 10.9. The molecule has 34 heavy (non-hydrogen) atoms. The van der Waals surface area contributed by atoms with Crippen LogP contribution in [0.4, 0.5) is 11.4 Å². The Bertz CT molecular complexity index is 1190. The van der Waals surface area contributed by atoms with Crippen LogP contribution in [-0.2, 0) is 4.79 Å². The molecule has 0 saturated carbocycles. The summed E-state index contributed by atoms with van der Waals surface area (Å²) >= 11 is 0. The van der Waals surface area contributed by atoms with E-state index in [1.807, 2.05) is 54.6 Å². The number of carbonyl (C=O) groups excluding carboxylic acids is 1. The minimum atomic E-state index is -0.290. The number of rotatable bonds is 9. The second kappa shape index (κ2) is 11.5. The summed E-state index contributed by atoms with van der Waals surface area (Å²) in [6, 6.07) is 16.5. The third-order valence-corrected chi connectivity index (χ3v) is 5.05. The summed E-state index contributed by atoms with van der Waals surface area (Å²) in [5.74, 6) is 1.92. The van der Waals surface area contributed by atoms with Crippen molar-refractivity contribution in [3.8, 4) is 23.0 Å². The zero-order valence-electron chi connectivity index (χ0n) is 19.6. The molecule has 0 heterocycles. The fourth-order valence-electron chi connectivity index (χ4n) is 3.31. The molecule has 0 saturated heterocycles. The van der Waals surface area contributed by atoms with E-state index < -0.39 is 0 Å².